The highest BCUT2D eigenvalue weighted by atomic mass is 16.2. The zero-order valence-electron chi connectivity index (χ0n) is 14.5. The molecule has 0 unspecified atom stereocenters. The van der Waals surface area contributed by atoms with Gasteiger partial charge in [-0.3, -0.25) is 10.2 Å². The van der Waals surface area contributed by atoms with Gasteiger partial charge in [-0.15, -0.1) is 0 Å². The van der Waals surface area contributed by atoms with Crippen LogP contribution in [0.25, 0.3) is 0 Å². The summed E-state index contributed by atoms with van der Waals surface area (Å²) in [6, 6.07) is 10.6. The number of hydrazone groups is 1. The van der Waals surface area contributed by atoms with Gasteiger partial charge in [-0.1, -0.05) is 0 Å². The fraction of sp³-hybridized carbons (Fsp3) is 0.500. The van der Waals surface area contributed by atoms with Crippen LogP contribution in [-0.2, 0) is 4.79 Å². The van der Waals surface area contributed by atoms with Gasteiger partial charge in [0, 0.05) is 5.69 Å². The van der Waals surface area contributed by atoms with Crippen molar-refractivity contribution in [1.82, 2.24) is 0 Å². The number of hydrogen-bond donors (Lipinski definition) is 2. The van der Waals surface area contributed by atoms with Crippen LogP contribution in [0.4, 0.5) is 11.4 Å². The predicted molar refractivity (Wildman–Crippen MR) is 98.0 cm³/mol. The molecule has 0 spiro atoms. The maximum Gasteiger partial charge on any atom is 0.237 e. The Bertz CT molecular complexity index is 776. The summed E-state index contributed by atoms with van der Waals surface area (Å²) in [6.07, 6.45) is 7.10. The van der Waals surface area contributed by atoms with E-state index in [1.54, 1.807) is 24.3 Å². The maximum absolute atomic E-state index is 13.0. The first-order valence-electron chi connectivity index (χ1n) is 9.15. The van der Waals surface area contributed by atoms with E-state index in [-0.39, 0.29) is 17.0 Å². The van der Waals surface area contributed by atoms with Crippen LogP contribution in [0.5, 0.6) is 0 Å². The van der Waals surface area contributed by atoms with E-state index in [4.69, 9.17) is 10.5 Å². The van der Waals surface area contributed by atoms with E-state index < -0.39 is 0 Å². The molecule has 1 amide bonds. The van der Waals surface area contributed by atoms with Gasteiger partial charge >= 0.3 is 0 Å². The van der Waals surface area contributed by atoms with Crippen molar-refractivity contribution in [2.75, 3.05) is 10.7 Å². The van der Waals surface area contributed by atoms with Crippen molar-refractivity contribution in [3.63, 3.8) is 0 Å². The molecule has 4 bridgehead atoms. The molecule has 5 rings (SSSR count). The lowest BCUT2D eigenvalue weighted by Gasteiger charge is -2.55. The minimum Gasteiger partial charge on any atom is -0.326 e. The lowest BCUT2D eigenvalue weighted by atomic mass is 9.49. The average molecular weight is 347 g/mol. The number of anilines is 2. The Labute approximate surface area is 152 Å². The minimum absolute atomic E-state index is 0.162. The minimum atomic E-state index is -0.232. The molecular formula is C20H21N5O. The first-order chi connectivity index (χ1) is 12.6. The summed E-state index contributed by atoms with van der Waals surface area (Å²) in [5.74, 6) is 2.40. The number of benzene rings is 1. The van der Waals surface area contributed by atoms with Crippen molar-refractivity contribution >= 4 is 23.0 Å². The molecule has 0 atom stereocenters. The van der Waals surface area contributed by atoms with E-state index in [0.29, 0.717) is 5.69 Å². The van der Waals surface area contributed by atoms with Crippen molar-refractivity contribution in [2.24, 2.45) is 28.3 Å². The molecule has 4 aliphatic carbocycles. The van der Waals surface area contributed by atoms with Gasteiger partial charge in [-0.05, 0) is 80.5 Å². The standard InChI is InChI=1S/C20H21N5O/c21-11-18(12-22)25-24-17-3-1-16(2-4-17)23-19(26)20-8-13-5-14(9-20)7-15(6-13)10-20/h1-4,13-15,24H,5-10H2,(H,23,26). The van der Waals surface area contributed by atoms with Crippen LogP contribution in [0.1, 0.15) is 38.5 Å². The molecule has 0 aliphatic heterocycles. The molecule has 132 valence electrons. The summed E-state index contributed by atoms with van der Waals surface area (Å²) in [5, 5.41) is 24.2. The topological polar surface area (TPSA) is 101 Å². The van der Waals surface area contributed by atoms with Gasteiger partial charge in [-0.2, -0.15) is 15.6 Å². The van der Waals surface area contributed by atoms with Gasteiger partial charge in [-0.25, -0.2) is 0 Å². The van der Waals surface area contributed by atoms with Crippen LogP contribution in [0.3, 0.4) is 0 Å². The van der Waals surface area contributed by atoms with Crippen LogP contribution in [-0.4, -0.2) is 11.6 Å². The number of nitriles is 2. The molecule has 1 aromatic carbocycles. The van der Waals surface area contributed by atoms with Crippen molar-refractivity contribution in [3.8, 4) is 12.1 Å². The molecule has 0 saturated heterocycles. The summed E-state index contributed by atoms with van der Waals surface area (Å²) in [4.78, 5) is 13.0. The molecule has 4 aliphatic rings. The number of carbonyl (C=O) groups is 1. The molecule has 2 N–H and O–H groups in total. The average Bonchev–Trinajstić information content (AvgIpc) is 2.63. The Balaban J connectivity index is 1.42. The van der Waals surface area contributed by atoms with Crippen molar-refractivity contribution in [2.45, 2.75) is 38.5 Å². The smallest absolute Gasteiger partial charge is 0.237 e. The summed E-state index contributed by atoms with van der Waals surface area (Å²) in [5.41, 5.74) is 3.69. The van der Waals surface area contributed by atoms with Gasteiger partial charge in [0.05, 0.1) is 11.1 Å². The second-order valence-corrected chi connectivity index (χ2v) is 8.03. The van der Waals surface area contributed by atoms with Crippen LogP contribution in [0.2, 0.25) is 0 Å². The fourth-order valence-corrected chi connectivity index (χ4v) is 5.48. The first kappa shape index (κ1) is 16.6. The van der Waals surface area contributed by atoms with E-state index >= 15 is 0 Å². The second kappa shape index (κ2) is 6.46. The Kier molecular flexibility index (Phi) is 4.12. The Morgan fingerprint density at radius 3 is 1.96 bits per heavy atom. The van der Waals surface area contributed by atoms with Gasteiger partial charge in [0.1, 0.15) is 12.1 Å². The normalized spacial score (nSPS) is 30.8. The van der Waals surface area contributed by atoms with Crippen molar-refractivity contribution in [3.05, 3.63) is 24.3 Å². The predicted octanol–water partition coefficient (Wildman–Crippen LogP) is 3.66. The quantitative estimate of drug-likeness (QED) is 0.641. The number of nitrogens with one attached hydrogen (secondary N) is 2. The van der Waals surface area contributed by atoms with Gasteiger partial charge in [0.25, 0.3) is 0 Å². The third-order valence-corrected chi connectivity index (χ3v) is 6.17. The lowest BCUT2D eigenvalue weighted by molar-refractivity contribution is -0.140. The molecular weight excluding hydrogens is 326 g/mol. The summed E-state index contributed by atoms with van der Waals surface area (Å²) < 4.78 is 0. The van der Waals surface area contributed by atoms with E-state index in [2.05, 4.69) is 15.8 Å². The van der Waals surface area contributed by atoms with Crippen LogP contribution < -0.4 is 10.7 Å². The molecule has 6 nitrogen and oxygen atoms in total. The highest BCUT2D eigenvalue weighted by Gasteiger charge is 2.54. The third kappa shape index (κ3) is 3.04. The van der Waals surface area contributed by atoms with Gasteiger partial charge in [0.15, 0.2) is 0 Å². The number of carbonyl (C=O) groups excluding carboxylic acids is 1. The molecule has 0 radical (unpaired) electrons. The van der Waals surface area contributed by atoms with Gasteiger partial charge < -0.3 is 5.32 Å². The number of rotatable bonds is 4. The SMILES string of the molecule is N#CC(C#N)=NNc1ccc(NC(=O)C23CC4CC(CC(C4)C2)C3)cc1. The molecule has 1 aromatic rings. The Hall–Kier alpha value is -2.86. The van der Waals surface area contributed by atoms with Crippen LogP contribution in [0.15, 0.2) is 29.4 Å². The summed E-state index contributed by atoms with van der Waals surface area (Å²) >= 11 is 0. The van der Waals surface area contributed by atoms with E-state index in [1.807, 2.05) is 12.1 Å². The van der Waals surface area contributed by atoms with Crippen LogP contribution in [0, 0.1) is 45.8 Å². The van der Waals surface area contributed by atoms with Crippen molar-refractivity contribution in [1.29, 1.82) is 10.5 Å². The van der Waals surface area contributed by atoms with E-state index in [1.165, 1.54) is 19.3 Å². The molecule has 26 heavy (non-hydrogen) atoms. The second-order valence-electron chi connectivity index (χ2n) is 8.03. The van der Waals surface area contributed by atoms with Gasteiger partial charge in [0.2, 0.25) is 11.6 Å². The lowest BCUT2D eigenvalue weighted by Crippen LogP contribution is -2.51. The highest BCUT2D eigenvalue weighted by molar-refractivity contribution is 6.10. The van der Waals surface area contributed by atoms with Crippen molar-refractivity contribution < 1.29 is 4.79 Å². The first-order valence-corrected chi connectivity index (χ1v) is 9.15. The van der Waals surface area contributed by atoms with Crippen LogP contribution >= 0.6 is 0 Å². The molecule has 4 fully saturated rings. The maximum atomic E-state index is 13.0. The molecule has 4 saturated carbocycles. The zero-order valence-corrected chi connectivity index (χ0v) is 14.5. The number of amides is 1. The number of hydrogen-bond acceptors (Lipinski definition) is 5. The monoisotopic (exact) mass is 347 g/mol. The number of nitrogens with zero attached hydrogens (tertiary/aromatic N) is 3. The van der Waals surface area contributed by atoms with E-state index in [0.717, 1.165) is 42.7 Å². The fourth-order valence-electron chi connectivity index (χ4n) is 5.48. The largest absolute Gasteiger partial charge is 0.326 e. The third-order valence-electron chi connectivity index (χ3n) is 6.17. The van der Waals surface area contributed by atoms with E-state index in [9.17, 15) is 4.79 Å². The Morgan fingerprint density at radius 1 is 0.962 bits per heavy atom. The summed E-state index contributed by atoms with van der Waals surface area (Å²) in [6.45, 7) is 0. The molecule has 0 aromatic heterocycles. The molecule has 0 heterocycles. The Morgan fingerprint density at radius 2 is 1.46 bits per heavy atom. The summed E-state index contributed by atoms with van der Waals surface area (Å²) in [7, 11) is 0. The zero-order chi connectivity index (χ0) is 18.1. The highest BCUT2D eigenvalue weighted by Crippen LogP contribution is 2.60. The molecule has 6 heteroatoms.